The summed E-state index contributed by atoms with van der Waals surface area (Å²) in [6.45, 7) is 4.39. The molecule has 0 unspecified atom stereocenters. The van der Waals surface area contributed by atoms with E-state index in [-0.39, 0.29) is 0 Å². The molecule has 0 heterocycles. The fraction of sp³-hybridized carbons (Fsp3) is 0.909. The summed E-state index contributed by atoms with van der Waals surface area (Å²) >= 11 is 0. The molecule has 0 saturated heterocycles. The van der Waals surface area contributed by atoms with Gasteiger partial charge < -0.3 is 5.32 Å². The van der Waals surface area contributed by atoms with Crippen molar-refractivity contribution in [2.45, 2.75) is 51.2 Å². The van der Waals surface area contributed by atoms with E-state index in [0.29, 0.717) is 25.3 Å². The van der Waals surface area contributed by atoms with Crippen LogP contribution in [0.1, 0.15) is 46.0 Å². The van der Waals surface area contributed by atoms with Crippen LogP contribution in [0.4, 0.5) is 4.79 Å². The van der Waals surface area contributed by atoms with Crippen LogP contribution >= 0.6 is 0 Å². The molecule has 0 aromatic carbocycles. The van der Waals surface area contributed by atoms with E-state index < -0.39 is 21.3 Å². The van der Waals surface area contributed by atoms with Gasteiger partial charge in [0.2, 0.25) is 10.0 Å². The number of sulfonamides is 1. The maximum absolute atomic E-state index is 11.9. The number of hydrogen-bond donors (Lipinski definition) is 2. The third-order valence-electron chi connectivity index (χ3n) is 2.90. The molecule has 0 aromatic heterocycles. The first kappa shape index (κ1) is 14.3. The summed E-state index contributed by atoms with van der Waals surface area (Å²) in [4.78, 5) is 11.4. The maximum Gasteiger partial charge on any atom is 0.328 e. The molecule has 2 amide bonds. The van der Waals surface area contributed by atoms with Crippen LogP contribution in [0.15, 0.2) is 0 Å². The summed E-state index contributed by atoms with van der Waals surface area (Å²) < 4.78 is 25.8. The minimum absolute atomic E-state index is 0.304. The van der Waals surface area contributed by atoms with Gasteiger partial charge in [-0.1, -0.05) is 33.1 Å². The molecule has 1 rings (SSSR count). The van der Waals surface area contributed by atoms with Gasteiger partial charge in [0.1, 0.15) is 0 Å². The summed E-state index contributed by atoms with van der Waals surface area (Å²) in [7, 11) is -3.49. The first-order chi connectivity index (χ1) is 7.92. The van der Waals surface area contributed by atoms with Crippen molar-refractivity contribution in [3.05, 3.63) is 0 Å². The van der Waals surface area contributed by atoms with Gasteiger partial charge in [-0.15, -0.1) is 0 Å². The van der Waals surface area contributed by atoms with Gasteiger partial charge in [-0.25, -0.2) is 17.9 Å². The highest BCUT2D eigenvalue weighted by Crippen LogP contribution is 2.22. The molecule has 0 radical (unpaired) electrons. The van der Waals surface area contributed by atoms with Crippen molar-refractivity contribution in [2.24, 2.45) is 5.92 Å². The number of nitrogens with one attached hydrogen (secondary N) is 2. The molecular formula is C11H22N2O3S. The molecule has 2 N–H and O–H groups in total. The average molecular weight is 262 g/mol. The SMILES string of the molecule is CC(C)CNC(=O)NS(=O)(=O)C1CCCCC1. The predicted octanol–water partition coefficient (Wildman–Crippen LogP) is 1.60. The monoisotopic (exact) mass is 262 g/mol. The Kier molecular flexibility index (Phi) is 5.24. The van der Waals surface area contributed by atoms with E-state index in [1.807, 2.05) is 13.8 Å². The summed E-state index contributed by atoms with van der Waals surface area (Å²) in [5.41, 5.74) is 0. The Labute approximate surface area is 103 Å². The lowest BCUT2D eigenvalue weighted by Gasteiger charge is -2.22. The second-order valence-corrected chi connectivity index (χ2v) is 6.97. The average Bonchev–Trinajstić information content (AvgIpc) is 2.27. The maximum atomic E-state index is 11.9. The van der Waals surface area contributed by atoms with Crippen LogP contribution in [-0.2, 0) is 10.0 Å². The highest BCUT2D eigenvalue weighted by molar-refractivity contribution is 7.90. The molecule has 0 atom stereocenters. The zero-order chi connectivity index (χ0) is 12.9. The summed E-state index contributed by atoms with van der Waals surface area (Å²) in [6.07, 6.45) is 4.27. The van der Waals surface area contributed by atoms with E-state index in [1.165, 1.54) is 0 Å². The summed E-state index contributed by atoms with van der Waals surface area (Å²) in [6, 6.07) is -0.607. The largest absolute Gasteiger partial charge is 0.337 e. The molecule has 0 aromatic rings. The molecule has 17 heavy (non-hydrogen) atoms. The smallest absolute Gasteiger partial charge is 0.328 e. The molecule has 5 nitrogen and oxygen atoms in total. The van der Waals surface area contributed by atoms with Crippen molar-refractivity contribution >= 4 is 16.1 Å². The molecule has 100 valence electrons. The third kappa shape index (κ3) is 4.93. The molecule has 1 aliphatic carbocycles. The van der Waals surface area contributed by atoms with Gasteiger partial charge in [-0.3, -0.25) is 0 Å². The van der Waals surface area contributed by atoms with E-state index in [0.717, 1.165) is 19.3 Å². The van der Waals surface area contributed by atoms with Gasteiger partial charge in [0.15, 0.2) is 0 Å². The lowest BCUT2D eigenvalue weighted by Crippen LogP contribution is -2.45. The zero-order valence-electron chi connectivity index (χ0n) is 10.5. The number of amides is 2. The first-order valence-electron chi connectivity index (χ1n) is 6.21. The Hall–Kier alpha value is -0.780. The van der Waals surface area contributed by atoms with E-state index >= 15 is 0 Å². The Morgan fingerprint density at radius 2 is 1.82 bits per heavy atom. The van der Waals surface area contributed by atoms with Crippen LogP contribution in [0, 0.1) is 5.92 Å². The van der Waals surface area contributed by atoms with Crippen LogP contribution in [0.25, 0.3) is 0 Å². The first-order valence-corrected chi connectivity index (χ1v) is 7.76. The highest BCUT2D eigenvalue weighted by Gasteiger charge is 2.28. The Morgan fingerprint density at radius 1 is 1.24 bits per heavy atom. The fourth-order valence-corrected chi connectivity index (χ4v) is 3.37. The van der Waals surface area contributed by atoms with Crippen molar-refractivity contribution in [1.29, 1.82) is 0 Å². The normalized spacial score (nSPS) is 18.1. The Balaban J connectivity index is 2.45. The molecule has 0 bridgehead atoms. The van der Waals surface area contributed by atoms with Crippen molar-refractivity contribution in [3.63, 3.8) is 0 Å². The third-order valence-corrected chi connectivity index (χ3v) is 4.72. The topological polar surface area (TPSA) is 75.3 Å². The number of hydrogen-bond acceptors (Lipinski definition) is 3. The van der Waals surface area contributed by atoms with E-state index in [4.69, 9.17) is 0 Å². The van der Waals surface area contributed by atoms with E-state index in [2.05, 4.69) is 10.0 Å². The Morgan fingerprint density at radius 3 is 2.35 bits per heavy atom. The molecular weight excluding hydrogens is 240 g/mol. The number of carbonyl (C=O) groups is 1. The Bertz CT molecular complexity index is 346. The number of carbonyl (C=O) groups excluding carboxylic acids is 1. The van der Waals surface area contributed by atoms with Crippen molar-refractivity contribution in [2.75, 3.05) is 6.54 Å². The predicted molar refractivity (Wildman–Crippen MR) is 67.2 cm³/mol. The lowest BCUT2D eigenvalue weighted by molar-refractivity contribution is 0.244. The van der Waals surface area contributed by atoms with Gasteiger partial charge >= 0.3 is 6.03 Å². The molecule has 1 fully saturated rings. The molecule has 6 heteroatoms. The van der Waals surface area contributed by atoms with Crippen LogP contribution < -0.4 is 10.0 Å². The van der Waals surface area contributed by atoms with E-state index in [9.17, 15) is 13.2 Å². The molecule has 1 aliphatic rings. The van der Waals surface area contributed by atoms with Gasteiger partial charge in [-0.2, -0.15) is 0 Å². The quantitative estimate of drug-likeness (QED) is 0.808. The van der Waals surface area contributed by atoms with Crippen molar-refractivity contribution in [3.8, 4) is 0 Å². The second-order valence-electron chi connectivity index (χ2n) is 5.01. The van der Waals surface area contributed by atoms with Gasteiger partial charge in [0.25, 0.3) is 0 Å². The fourth-order valence-electron chi connectivity index (χ4n) is 1.92. The van der Waals surface area contributed by atoms with Crippen LogP contribution in [0.5, 0.6) is 0 Å². The minimum atomic E-state index is -3.49. The van der Waals surface area contributed by atoms with Crippen LogP contribution in [0.3, 0.4) is 0 Å². The molecule has 1 saturated carbocycles. The molecule has 0 aliphatic heterocycles. The second kappa shape index (κ2) is 6.23. The summed E-state index contributed by atoms with van der Waals surface area (Å²) in [5, 5.41) is 2.15. The zero-order valence-corrected chi connectivity index (χ0v) is 11.3. The van der Waals surface area contributed by atoms with Gasteiger partial charge in [0.05, 0.1) is 5.25 Å². The van der Waals surface area contributed by atoms with Gasteiger partial charge in [-0.05, 0) is 18.8 Å². The van der Waals surface area contributed by atoms with Crippen molar-refractivity contribution in [1.82, 2.24) is 10.0 Å². The molecule has 0 spiro atoms. The van der Waals surface area contributed by atoms with Gasteiger partial charge in [0, 0.05) is 6.54 Å². The van der Waals surface area contributed by atoms with Crippen LogP contribution in [-0.4, -0.2) is 26.2 Å². The number of rotatable bonds is 4. The standard InChI is InChI=1S/C11H22N2O3S/c1-9(2)8-12-11(14)13-17(15,16)10-6-4-3-5-7-10/h9-10H,3-8H2,1-2H3,(H2,12,13,14). The number of urea groups is 1. The lowest BCUT2D eigenvalue weighted by atomic mass is 10.0. The minimum Gasteiger partial charge on any atom is -0.337 e. The van der Waals surface area contributed by atoms with Crippen LogP contribution in [0.2, 0.25) is 0 Å². The summed E-state index contributed by atoms with van der Waals surface area (Å²) in [5.74, 6) is 0.304. The van der Waals surface area contributed by atoms with E-state index in [1.54, 1.807) is 0 Å². The van der Waals surface area contributed by atoms with Crippen molar-refractivity contribution < 1.29 is 13.2 Å². The highest BCUT2D eigenvalue weighted by atomic mass is 32.2.